The van der Waals surface area contributed by atoms with Crippen LogP contribution in [0.25, 0.3) is 32.9 Å². The molecule has 10 nitrogen and oxygen atoms in total. The molecular formula is C64H36N2O8. The topological polar surface area (TPSA) is 131 Å². The van der Waals surface area contributed by atoms with Gasteiger partial charge in [0.05, 0.1) is 32.9 Å². The number of carbonyl (C=O) groups is 2. The molecule has 2 heterocycles. The number of nitrogens with zero attached hydrogens (tertiary/aromatic N) is 2. The minimum Gasteiger partial charge on any atom is -0.457 e. The van der Waals surface area contributed by atoms with E-state index in [1.807, 2.05) is 60.7 Å². The van der Waals surface area contributed by atoms with Gasteiger partial charge in [-0.1, -0.05) is 72.2 Å². The van der Waals surface area contributed by atoms with Gasteiger partial charge in [-0.15, -0.1) is 0 Å². The molecule has 0 aliphatic rings. The number of carbonyl (C=O) groups excluding carboxylic acids is 2. The molecule has 0 amide bonds. The first kappa shape index (κ1) is 45.7. The van der Waals surface area contributed by atoms with Gasteiger partial charge >= 0.3 is 0 Å². The molecule has 350 valence electrons. The molecule has 0 saturated heterocycles. The fraction of sp³-hybridized carbons (Fsp3) is 0. The van der Waals surface area contributed by atoms with E-state index in [1.165, 1.54) is 24.3 Å². The predicted molar refractivity (Wildman–Crippen MR) is 285 cm³/mol. The van der Waals surface area contributed by atoms with Gasteiger partial charge in [-0.25, -0.2) is 9.13 Å². The third kappa shape index (κ3) is 9.25. The van der Waals surface area contributed by atoms with E-state index in [0.717, 1.165) is 31.4 Å². The molecule has 11 aromatic rings. The quantitative estimate of drug-likeness (QED) is 0.0978. The van der Waals surface area contributed by atoms with Crippen LogP contribution in [0, 0.1) is 23.7 Å². The van der Waals surface area contributed by atoms with Crippen LogP contribution in [0.15, 0.2) is 238 Å². The van der Waals surface area contributed by atoms with Gasteiger partial charge in [-0.05, 0) is 158 Å². The van der Waals surface area contributed by atoms with Crippen molar-refractivity contribution in [2.24, 2.45) is 0 Å². The SMILES string of the molecule is O=C(c1ccc(C#Cc2ccccc2)cc1)c1ccc(Oc2cccc(-n3c(=O)c4cc5c(=O)n(-c6cccc(Oc7ccc(C(=O)c8ccc(C#Cc9ccccc9)cc8)cc7)c6)c(=O)c5cc4c3=O)c2)cc1. The molecule has 0 fully saturated rings. The molecule has 0 bridgehead atoms. The maximum absolute atomic E-state index is 13.9. The Morgan fingerprint density at radius 2 is 0.595 bits per heavy atom. The van der Waals surface area contributed by atoms with Crippen LogP contribution in [0.5, 0.6) is 23.0 Å². The van der Waals surface area contributed by atoms with Gasteiger partial charge in [0.15, 0.2) is 11.6 Å². The lowest BCUT2D eigenvalue weighted by atomic mass is 10.0. The highest BCUT2D eigenvalue weighted by molar-refractivity contribution is 6.09. The molecule has 10 heteroatoms. The third-order valence-corrected chi connectivity index (χ3v) is 12.3. The van der Waals surface area contributed by atoms with E-state index in [1.54, 1.807) is 133 Å². The van der Waals surface area contributed by atoms with Crippen LogP contribution in [-0.2, 0) is 0 Å². The van der Waals surface area contributed by atoms with Crippen LogP contribution >= 0.6 is 0 Å². The average Bonchev–Trinajstić information content (AvgIpc) is 3.86. The largest absolute Gasteiger partial charge is 0.457 e. The van der Waals surface area contributed by atoms with Crippen LogP contribution in [0.1, 0.15) is 54.1 Å². The van der Waals surface area contributed by atoms with Crippen molar-refractivity contribution in [1.82, 2.24) is 9.13 Å². The van der Waals surface area contributed by atoms with Gasteiger partial charge in [-0.3, -0.25) is 28.8 Å². The average molecular weight is 961 g/mol. The van der Waals surface area contributed by atoms with E-state index < -0.39 is 22.2 Å². The van der Waals surface area contributed by atoms with E-state index >= 15 is 0 Å². The number of aromatic nitrogens is 2. The first-order valence-corrected chi connectivity index (χ1v) is 23.3. The third-order valence-electron chi connectivity index (χ3n) is 12.3. The fourth-order valence-corrected chi connectivity index (χ4v) is 8.51. The minimum absolute atomic E-state index is 0.0257. The zero-order valence-electron chi connectivity index (χ0n) is 38.9. The summed E-state index contributed by atoms with van der Waals surface area (Å²) in [5.41, 5.74) is 3.01. The van der Waals surface area contributed by atoms with Crippen LogP contribution in [-0.4, -0.2) is 20.7 Å². The molecule has 0 spiro atoms. The van der Waals surface area contributed by atoms with Crippen LogP contribution < -0.4 is 31.7 Å². The molecule has 74 heavy (non-hydrogen) atoms. The van der Waals surface area contributed by atoms with Gasteiger partial charge in [0, 0.05) is 56.6 Å². The van der Waals surface area contributed by atoms with Crippen LogP contribution in [0.2, 0.25) is 0 Å². The number of hydrogen-bond acceptors (Lipinski definition) is 8. The number of benzene rings is 9. The van der Waals surface area contributed by atoms with Crippen molar-refractivity contribution in [3.8, 4) is 58.1 Å². The summed E-state index contributed by atoms with van der Waals surface area (Å²) < 4.78 is 14.1. The Hall–Kier alpha value is -10.7. The molecule has 0 radical (unpaired) electrons. The van der Waals surface area contributed by atoms with Gasteiger partial charge in [-0.2, -0.15) is 0 Å². The van der Waals surface area contributed by atoms with E-state index in [-0.39, 0.29) is 44.5 Å². The highest BCUT2D eigenvalue weighted by atomic mass is 16.5. The highest BCUT2D eigenvalue weighted by Gasteiger charge is 2.22. The molecule has 0 atom stereocenters. The molecule has 0 aliphatic carbocycles. The summed E-state index contributed by atoms with van der Waals surface area (Å²) in [5.74, 6) is 13.5. The lowest BCUT2D eigenvalue weighted by molar-refractivity contribution is 0.103. The second-order valence-electron chi connectivity index (χ2n) is 17.1. The molecular weight excluding hydrogens is 925 g/mol. The number of fused-ring (bicyclic) bond motifs is 2. The zero-order chi connectivity index (χ0) is 50.7. The Balaban J connectivity index is 0.776. The van der Waals surface area contributed by atoms with Gasteiger partial charge in [0.2, 0.25) is 0 Å². The normalized spacial score (nSPS) is 10.8. The molecule has 9 aromatic carbocycles. The van der Waals surface area contributed by atoms with Gasteiger partial charge in [0.25, 0.3) is 22.2 Å². The van der Waals surface area contributed by atoms with Crippen molar-refractivity contribution in [3.05, 3.63) is 304 Å². The summed E-state index contributed by atoms with van der Waals surface area (Å²) in [4.78, 5) is 82.4. The van der Waals surface area contributed by atoms with Crippen molar-refractivity contribution in [2.45, 2.75) is 0 Å². The highest BCUT2D eigenvalue weighted by Crippen LogP contribution is 2.27. The summed E-state index contributed by atoms with van der Waals surface area (Å²) in [6.07, 6.45) is 0. The summed E-state index contributed by atoms with van der Waals surface area (Å²) in [6, 6.07) is 62.0. The minimum atomic E-state index is -0.673. The van der Waals surface area contributed by atoms with Crippen molar-refractivity contribution in [3.63, 3.8) is 0 Å². The van der Waals surface area contributed by atoms with Gasteiger partial charge in [0.1, 0.15) is 23.0 Å². The second-order valence-corrected chi connectivity index (χ2v) is 17.1. The van der Waals surface area contributed by atoms with Crippen LogP contribution in [0.3, 0.4) is 0 Å². The molecule has 2 aromatic heterocycles. The smallest absolute Gasteiger partial charge is 0.266 e. The van der Waals surface area contributed by atoms with Crippen molar-refractivity contribution in [2.75, 3.05) is 0 Å². The standard InChI is InChI=1S/C64H36N2O8/c67-59(45-25-21-43(22-26-45)19-17-41-9-3-1-4-10-41)47-29-33-51(34-30-47)73-53-15-7-13-49(37-53)65-61(69)55-39-57-58(40-56(55)62(65)70)64(72)66(63(57)71)50-14-8-16-54(38-50)74-52-35-31-48(32-36-52)60(68)46-27-23-44(24-28-46)20-18-42-11-5-2-6-12-42/h1-16,21-40H. The summed E-state index contributed by atoms with van der Waals surface area (Å²) in [7, 11) is 0. The molecule has 0 unspecified atom stereocenters. The molecule has 11 rings (SSSR count). The first-order chi connectivity index (χ1) is 36.1. The molecule has 0 saturated carbocycles. The Bertz CT molecular complexity index is 3980. The Kier molecular flexibility index (Phi) is 12.1. The fourth-order valence-electron chi connectivity index (χ4n) is 8.51. The van der Waals surface area contributed by atoms with Crippen molar-refractivity contribution in [1.29, 1.82) is 0 Å². The van der Waals surface area contributed by atoms with E-state index in [2.05, 4.69) is 23.7 Å². The Morgan fingerprint density at radius 1 is 0.297 bits per heavy atom. The summed E-state index contributed by atoms with van der Waals surface area (Å²) in [5, 5.41) is -0.103. The maximum Gasteiger partial charge on any atom is 0.266 e. The predicted octanol–water partition coefficient (Wildman–Crippen LogP) is 10.7. The van der Waals surface area contributed by atoms with E-state index in [9.17, 15) is 28.8 Å². The number of hydrogen-bond donors (Lipinski definition) is 0. The maximum atomic E-state index is 13.9. The second kappa shape index (κ2) is 19.6. The summed E-state index contributed by atoms with van der Waals surface area (Å²) >= 11 is 0. The first-order valence-electron chi connectivity index (χ1n) is 23.3. The zero-order valence-corrected chi connectivity index (χ0v) is 38.9. The number of rotatable bonds is 10. The number of ketones is 2. The molecule has 0 aliphatic heterocycles. The summed E-state index contributed by atoms with van der Waals surface area (Å²) in [6.45, 7) is 0. The van der Waals surface area contributed by atoms with Crippen molar-refractivity contribution >= 4 is 33.1 Å². The van der Waals surface area contributed by atoms with Crippen LogP contribution in [0.4, 0.5) is 0 Å². The van der Waals surface area contributed by atoms with E-state index in [4.69, 9.17) is 9.47 Å². The number of ether oxygens (including phenoxy) is 2. The van der Waals surface area contributed by atoms with E-state index in [0.29, 0.717) is 45.3 Å². The van der Waals surface area contributed by atoms with Gasteiger partial charge < -0.3 is 9.47 Å². The lowest BCUT2D eigenvalue weighted by Gasteiger charge is -2.09. The lowest BCUT2D eigenvalue weighted by Crippen LogP contribution is -2.24. The Morgan fingerprint density at radius 3 is 0.919 bits per heavy atom. The molecule has 0 N–H and O–H groups in total. The Labute approximate surface area is 421 Å². The monoisotopic (exact) mass is 960 g/mol. The van der Waals surface area contributed by atoms with Crippen molar-refractivity contribution < 1.29 is 19.1 Å².